The fourth-order valence-electron chi connectivity index (χ4n) is 3.34. The van der Waals surface area contributed by atoms with Crippen molar-refractivity contribution in [2.75, 3.05) is 17.7 Å². The normalized spacial score (nSPS) is 10.9. The van der Waals surface area contributed by atoms with Crippen molar-refractivity contribution in [2.45, 2.75) is 19.0 Å². The number of carbonyl (C=O) groups is 2. The van der Waals surface area contributed by atoms with Gasteiger partial charge in [0.05, 0.1) is 18.6 Å². The van der Waals surface area contributed by atoms with Gasteiger partial charge in [-0.1, -0.05) is 42.1 Å². The molecule has 8 nitrogen and oxygen atoms in total. The number of esters is 1. The number of nitrogens with one attached hydrogen (secondary N) is 1. The molecule has 0 radical (unpaired) electrons. The lowest BCUT2D eigenvalue weighted by Crippen LogP contribution is -2.16. The van der Waals surface area contributed by atoms with Crippen LogP contribution in [0.25, 0.3) is 22.7 Å². The SMILES string of the molecule is CCOC(=O)c1c(NC(=O)CSc2nnc(-c3ccco3)n2C)sc(C)c1-c1ccccc1. The predicted molar refractivity (Wildman–Crippen MR) is 129 cm³/mol. The number of amides is 1. The van der Waals surface area contributed by atoms with Crippen LogP contribution in [-0.4, -0.2) is 39.0 Å². The van der Waals surface area contributed by atoms with E-state index in [9.17, 15) is 9.59 Å². The van der Waals surface area contributed by atoms with Crippen LogP contribution in [0.15, 0.2) is 58.3 Å². The molecule has 170 valence electrons. The van der Waals surface area contributed by atoms with Crippen molar-refractivity contribution in [1.82, 2.24) is 14.8 Å². The van der Waals surface area contributed by atoms with Gasteiger partial charge in [0.25, 0.3) is 0 Å². The number of aryl methyl sites for hydroxylation is 1. The van der Waals surface area contributed by atoms with Crippen molar-refractivity contribution >= 4 is 40.0 Å². The fourth-order valence-corrected chi connectivity index (χ4v) is 5.13. The van der Waals surface area contributed by atoms with Gasteiger partial charge in [-0.2, -0.15) is 0 Å². The maximum Gasteiger partial charge on any atom is 0.341 e. The molecule has 0 aliphatic carbocycles. The summed E-state index contributed by atoms with van der Waals surface area (Å²) in [6.45, 7) is 3.93. The van der Waals surface area contributed by atoms with E-state index in [1.54, 1.807) is 29.9 Å². The molecule has 10 heteroatoms. The summed E-state index contributed by atoms with van der Waals surface area (Å²) in [6.07, 6.45) is 1.57. The highest BCUT2D eigenvalue weighted by Crippen LogP contribution is 2.40. The van der Waals surface area contributed by atoms with E-state index in [0.29, 0.717) is 27.3 Å². The van der Waals surface area contributed by atoms with Gasteiger partial charge in [-0.05, 0) is 31.5 Å². The molecule has 0 bridgehead atoms. The highest BCUT2D eigenvalue weighted by atomic mass is 32.2. The van der Waals surface area contributed by atoms with Gasteiger partial charge in [-0.15, -0.1) is 21.5 Å². The third-order valence-electron chi connectivity index (χ3n) is 4.79. The maximum absolute atomic E-state index is 12.8. The molecule has 0 saturated carbocycles. The number of rotatable bonds is 8. The first-order valence-corrected chi connectivity index (χ1v) is 12.0. The molecule has 3 aromatic heterocycles. The number of aromatic nitrogens is 3. The largest absolute Gasteiger partial charge is 0.462 e. The summed E-state index contributed by atoms with van der Waals surface area (Å²) < 4.78 is 12.4. The van der Waals surface area contributed by atoms with Gasteiger partial charge in [-0.25, -0.2) is 4.79 Å². The minimum Gasteiger partial charge on any atom is -0.462 e. The summed E-state index contributed by atoms with van der Waals surface area (Å²) in [5.41, 5.74) is 2.05. The third-order valence-corrected chi connectivity index (χ3v) is 6.83. The summed E-state index contributed by atoms with van der Waals surface area (Å²) in [7, 11) is 1.81. The van der Waals surface area contributed by atoms with Gasteiger partial charge in [-0.3, -0.25) is 4.79 Å². The first-order chi connectivity index (χ1) is 16.0. The summed E-state index contributed by atoms with van der Waals surface area (Å²) in [5.74, 6) is 0.565. The van der Waals surface area contributed by atoms with Crippen LogP contribution in [0.4, 0.5) is 5.00 Å². The Hall–Kier alpha value is -3.37. The summed E-state index contributed by atoms with van der Waals surface area (Å²) in [4.78, 5) is 26.5. The van der Waals surface area contributed by atoms with Crippen molar-refractivity contribution in [1.29, 1.82) is 0 Å². The number of hydrogen-bond donors (Lipinski definition) is 1. The van der Waals surface area contributed by atoms with E-state index in [1.807, 2.05) is 44.3 Å². The summed E-state index contributed by atoms with van der Waals surface area (Å²) in [5, 5.41) is 12.2. The Morgan fingerprint density at radius 3 is 2.67 bits per heavy atom. The van der Waals surface area contributed by atoms with E-state index < -0.39 is 5.97 Å². The molecule has 1 amide bonds. The quantitative estimate of drug-likeness (QED) is 0.278. The van der Waals surface area contributed by atoms with Crippen LogP contribution in [0.3, 0.4) is 0 Å². The van der Waals surface area contributed by atoms with Gasteiger partial charge < -0.3 is 19.0 Å². The molecule has 0 spiro atoms. The van der Waals surface area contributed by atoms with E-state index in [2.05, 4.69) is 15.5 Å². The van der Waals surface area contributed by atoms with E-state index in [0.717, 1.165) is 16.0 Å². The molecule has 0 unspecified atom stereocenters. The number of hydrogen-bond acceptors (Lipinski definition) is 8. The minimum atomic E-state index is -0.458. The molecular formula is C23H22N4O4S2. The Morgan fingerprint density at radius 2 is 1.97 bits per heavy atom. The van der Waals surface area contributed by atoms with Crippen LogP contribution >= 0.6 is 23.1 Å². The molecule has 1 N–H and O–H groups in total. The third kappa shape index (κ3) is 4.86. The second-order valence-corrected chi connectivity index (χ2v) is 9.17. The topological polar surface area (TPSA) is 99.2 Å². The second kappa shape index (κ2) is 10.1. The molecule has 0 saturated heterocycles. The lowest BCUT2D eigenvalue weighted by Gasteiger charge is -2.09. The molecule has 4 rings (SSSR count). The van der Waals surface area contributed by atoms with Crippen molar-refractivity contribution in [2.24, 2.45) is 7.05 Å². The average molecular weight is 483 g/mol. The smallest absolute Gasteiger partial charge is 0.341 e. The molecule has 3 heterocycles. The number of thiophene rings is 1. The predicted octanol–water partition coefficient (Wildman–Crippen LogP) is 5.02. The van der Waals surface area contributed by atoms with Gasteiger partial charge >= 0.3 is 5.97 Å². The molecule has 0 aliphatic heterocycles. The minimum absolute atomic E-state index is 0.101. The Morgan fingerprint density at radius 1 is 1.18 bits per heavy atom. The van der Waals surface area contributed by atoms with Gasteiger partial charge in [0.15, 0.2) is 16.7 Å². The fraction of sp³-hybridized carbons (Fsp3) is 0.217. The van der Waals surface area contributed by atoms with Crippen LogP contribution in [0.5, 0.6) is 0 Å². The monoisotopic (exact) mass is 482 g/mol. The molecule has 1 aromatic carbocycles. The molecule has 4 aromatic rings. The highest BCUT2D eigenvalue weighted by molar-refractivity contribution is 7.99. The molecule has 0 atom stereocenters. The van der Waals surface area contributed by atoms with Gasteiger partial charge in [0.2, 0.25) is 5.91 Å². The summed E-state index contributed by atoms with van der Waals surface area (Å²) in [6, 6.07) is 13.2. The van der Waals surface area contributed by atoms with Crippen LogP contribution in [-0.2, 0) is 16.6 Å². The Kier molecular flexibility index (Phi) is 6.95. The first kappa shape index (κ1) is 22.8. The van der Waals surface area contributed by atoms with Crippen LogP contribution < -0.4 is 5.32 Å². The lowest BCUT2D eigenvalue weighted by atomic mass is 10.0. The van der Waals surface area contributed by atoms with Gasteiger partial charge in [0.1, 0.15) is 10.6 Å². The number of carbonyl (C=O) groups excluding carboxylic acids is 2. The zero-order valence-corrected chi connectivity index (χ0v) is 20.0. The number of thioether (sulfide) groups is 1. The zero-order chi connectivity index (χ0) is 23.4. The Bertz CT molecular complexity index is 1260. The molecule has 0 aliphatic rings. The average Bonchev–Trinajstić information content (AvgIpc) is 3.52. The lowest BCUT2D eigenvalue weighted by molar-refractivity contribution is -0.113. The van der Waals surface area contributed by atoms with E-state index in [-0.39, 0.29) is 18.3 Å². The van der Waals surface area contributed by atoms with Crippen molar-refractivity contribution in [3.63, 3.8) is 0 Å². The maximum atomic E-state index is 12.8. The molecule has 33 heavy (non-hydrogen) atoms. The zero-order valence-electron chi connectivity index (χ0n) is 18.3. The van der Waals surface area contributed by atoms with Crippen LogP contribution in [0.2, 0.25) is 0 Å². The first-order valence-electron chi connectivity index (χ1n) is 10.2. The highest BCUT2D eigenvalue weighted by Gasteiger charge is 2.25. The number of ether oxygens (including phenoxy) is 1. The number of nitrogens with zero attached hydrogens (tertiary/aromatic N) is 3. The summed E-state index contributed by atoms with van der Waals surface area (Å²) >= 11 is 2.61. The second-order valence-electron chi connectivity index (χ2n) is 7.00. The number of furan rings is 1. The Labute approximate surface area is 199 Å². The standard InChI is InChI=1S/C23H22N4O4S2/c1-4-30-22(29)19-18(15-9-6-5-7-10-15)14(2)33-21(19)24-17(28)13-32-23-26-25-20(27(23)3)16-11-8-12-31-16/h5-12H,4,13H2,1-3H3,(H,24,28). The number of anilines is 1. The Balaban J connectivity index is 1.53. The number of benzene rings is 1. The molecule has 0 fully saturated rings. The van der Waals surface area contributed by atoms with Crippen molar-refractivity contribution < 1.29 is 18.7 Å². The molecular weight excluding hydrogens is 460 g/mol. The van der Waals surface area contributed by atoms with E-state index >= 15 is 0 Å². The van der Waals surface area contributed by atoms with Crippen LogP contribution in [0, 0.1) is 6.92 Å². The van der Waals surface area contributed by atoms with Crippen molar-refractivity contribution in [3.05, 3.63) is 59.2 Å². The van der Waals surface area contributed by atoms with E-state index in [4.69, 9.17) is 9.15 Å². The van der Waals surface area contributed by atoms with Crippen LogP contribution in [0.1, 0.15) is 22.2 Å². The van der Waals surface area contributed by atoms with Crippen molar-refractivity contribution in [3.8, 4) is 22.7 Å². The van der Waals surface area contributed by atoms with Gasteiger partial charge in [0, 0.05) is 17.5 Å². The van der Waals surface area contributed by atoms with E-state index in [1.165, 1.54) is 23.1 Å².